The predicted octanol–water partition coefficient (Wildman–Crippen LogP) is 1.16. The Bertz CT molecular complexity index is 443. The number of aryl methyl sites for hydroxylation is 2. The van der Waals surface area contributed by atoms with Gasteiger partial charge in [-0.3, -0.25) is 4.79 Å². The van der Waals surface area contributed by atoms with E-state index in [4.69, 9.17) is 5.73 Å². The standard InChI is InChI=1S/C13H22N4O/c1-6-11-10(7-9(2)15-16-11)12(18)17(5)13(3,4)8-14/h7H,6,8,14H2,1-5H3. The molecule has 0 aliphatic rings. The second-order valence-corrected chi connectivity index (χ2v) is 5.08. The minimum Gasteiger partial charge on any atom is -0.335 e. The summed E-state index contributed by atoms with van der Waals surface area (Å²) in [6, 6.07) is 1.79. The largest absolute Gasteiger partial charge is 0.335 e. The molecule has 0 aromatic carbocycles. The summed E-state index contributed by atoms with van der Waals surface area (Å²) in [5, 5.41) is 8.07. The number of carbonyl (C=O) groups excluding carboxylic acids is 1. The van der Waals surface area contributed by atoms with Crippen LogP contribution in [0, 0.1) is 6.92 Å². The molecule has 0 bridgehead atoms. The van der Waals surface area contributed by atoms with Crippen LogP contribution in [0.2, 0.25) is 0 Å². The average molecular weight is 250 g/mol. The van der Waals surface area contributed by atoms with Crippen molar-refractivity contribution in [2.75, 3.05) is 13.6 Å². The lowest BCUT2D eigenvalue weighted by atomic mass is 10.0. The molecule has 0 fully saturated rings. The Balaban J connectivity index is 3.14. The Labute approximate surface area is 108 Å². The lowest BCUT2D eigenvalue weighted by Gasteiger charge is -2.34. The summed E-state index contributed by atoms with van der Waals surface area (Å²) in [5.74, 6) is -0.0553. The molecule has 1 amide bonds. The molecule has 18 heavy (non-hydrogen) atoms. The maximum Gasteiger partial charge on any atom is 0.256 e. The van der Waals surface area contributed by atoms with Crippen molar-refractivity contribution in [2.45, 2.75) is 39.7 Å². The fraction of sp³-hybridized carbons (Fsp3) is 0.615. The predicted molar refractivity (Wildman–Crippen MR) is 71.4 cm³/mol. The number of nitrogens with two attached hydrogens (primary N) is 1. The third-order valence-corrected chi connectivity index (χ3v) is 3.27. The molecule has 0 aliphatic heterocycles. The van der Waals surface area contributed by atoms with E-state index in [1.165, 1.54) is 0 Å². The number of carbonyl (C=O) groups is 1. The van der Waals surface area contributed by atoms with Crippen molar-refractivity contribution in [3.05, 3.63) is 23.0 Å². The van der Waals surface area contributed by atoms with Crippen molar-refractivity contribution in [2.24, 2.45) is 5.73 Å². The number of amides is 1. The van der Waals surface area contributed by atoms with Gasteiger partial charge in [0.1, 0.15) is 0 Å². The summed E-state index contributed by atoms with van der Waals surface area (Å²) in [6.07, 6.45) is 0.686. The first-order chi connectivity index (χ1) is 8.33. The number of hydrogen-bond acceptors (Lipinski definition) is 4. The summed E-state index contributed by atoms with van der Waals surface area (Å²) in [6.45, 7) is 8.09. The van der Waals surface area contributed by atoms with E-state index in [1.54, 1.807) is 18.0 Å². The van der Waals surface area contributed by atoms with Gasteiger partial charge in [0, 0.05) is 19.1 Å². The highest BCUT2D eigenvalue weighted by molar-refractivity contribution is 5.95. The third-order valence-electron chi connectivity index (χ3n) is 3.27. The molecule has 0 spiro atoms. The SMILES string of the molecule is CCc1nnc(C)cc1C(=O)N(C)C(C)(C)CN. The summed E-state index contributed by atoms with van der Waals surface area (Å²) < 4.78 is 0. The number of rotatable bonds is 4. The van der Waals surface area contributed by atoms with Gasteiger partial charge in [-0.1, -0.05) is 6.92 Å². The molecule has 100 valence electrons. The van der Waals surface area contributed by atoms with Gasteiger partial charge in [0.25, 0.3) is 5.91 Å². The molecule has 0 atom stereocenters. The maximum absolute atomic E-state index is 12.5. The Morgan fingerprint density at radius 2 is 2.06 bits per heavy atom. The summed E-state index contributed by atoms with van der Waals surface area (Å²) in [4.78, 5) is 14.2. The number of nitrogens with zero attached hydrogens (tertiary/aromatic N) is 3. The fourth-order valence-electron chi connectivity index (χ4n) is 1.55. The van der Waals surface area contributed by atoms with Crippen LogP contribution < -0.4 is 5.73 Å². The zero-order valence-corrected chi connectivity index (χ0v) is 11.8. The minimum absolute atomic E-state index is 0.0553. The van der Waals surface area contributed by atoms with Gasteiger partial charge in [0.2, 0.25) is 0 Å². The van der Waals surface area contributed by atoms with Crippen LogP contribution >= 0.6 is 0 Å². The molecule has 1 rings (SSSR count). The third kappa shape index (κ3) is 2.85. The second kappa shape index (κ2) is 5.44. The highest BCUT2D eigenvalue weighted by Gasteiger charge is 2.28. The fourth-order valence-corrected chi connectivity index (χ4v) is 1.55. The zero-order valence-electron chi connectivity index (χ0n) is 11.8. The van der Waals surface area contributed by atoms with Gasteiger partial charge >= 0.3 is 0 Å². The molecule has 2 N–H and O–H groups in total. The Hall–Kier alpha value is -1.49. The van der Waals surface area contributed by atoms with Gasteiger partial charge in [-0.15, -0.1) is 0 Å². The first-order valence-electron chi connectivity index (χ1n) is 6.15. The Kier molecular flexibility index (Phi) is 4.40. The molecule has 0 unspecified atom stereocenters. The first-order valence-corrected chi connectivity index (χ1v) is 6.15. The van der Waals surface area contributed by atoms with Crippen LogP contribution in [-0.2, 0) is 6.42 Å². The zero-order chi connectivity index (χ0) is 13.9. The molecular weight excluding hydrogens is 228 g/mol. The number of hydrogen-bond donors (Lipinski definition) is 1. The molecule has 1 aromatic rings. The van der Waals surface area contributed by atoms with E-state index in [0.29, 0.717) is 18.5 Å². The van der Waals surface area contributed by atoms with E-state index in [9.17, 15) is 4.79 Å². The van der Waals surface area contributed by atoms with Crippen LogP contribution in [0.3, 0.4) is 0 Å². The molecule has 0 radical (unpaired) electrons. The van der Waals surface area contributed by atoms with Crippen LogP contribution in [0.5, 0.6) is 0 Å². The van der Waals surface area contributed by atoms with Crippen LogP contribution in [0.1, 0.15) is 42.5 Å². The second-order valence-electron chi connectivity index (χ2n) is 5.08. The molecule has 0 saturated carbocycles. The van der Waals surface area contributed by atoms with Crippen molar-refractivity contribution >= 4 is 5.91 Å². The molecule has 0 saturated heterocycles. The van der Waals surface area contributed by atoms with Crippen molar-refractivity contribution < 1.29 is 4.79 Å². The smallest absolute Gasteiger partial charge is 0.256 e. The molecule has 0 aliphatic carbocycles. The average Bonchev–Trinajstić information content (AvgIpc) is 2.36. The monoisotopic (exact) mass is 250 g/mol. The van der Waals surface area contributed by atoms with E-state index in [2.05, 4.69) is 10.2 Å². The van der Waals surface area contributed by atoms with E-state index >= 15 is 0 Å². The first kappa shape index (κ1) is 14.6. The normalized spacial score (nSPS) is 11.4. The van der Waals surface area contributed by atoms with Crippen molar-refractivity contribution in [1.29, 1.82) is 0 Å². The molecule has 1 heterocycles. The minimum atomic E-state index is -0.376. The lowest BCUT2D eigenvalue weighted by Crippen LogP contribution is -2.50. The van der Waals surface area contributed by atoms with Gasteiger partial charge in [-0.05, 0) is 33.3 Å². The highest BCUT2D eigenvalue weighted by atomic mass is 16.2. The molecule has 1 aromatic heterocycles. The highest BCUT2D eigenvalue weighted by Crippen LogP contribution is 2.17. The van der Waals surface area contributed by atoms with Crippen LogP contribution in [-0.4, -0.2) is 40.1 Å². The maximum atomic E-state index is 12.5. The topological polar surface area (TPSA) is 72.1 Å². The van der Waals surface area contributed by atoms with E-state index in [-0.39, 0.29) is 11.4 Å². The Morgan fingerprint density at radius 3 is 2.56 bits per heavy atom. The van der Waals surface area contributed by atoms with Crippen molar-refractivity contribution in [3.8, 4) is 0 Å². The number of likely N-dealkylation sites (N-methyl/N-ethyl adjacent to an activating group) is 1. The van der Waals surface area contributed by atoms with Gasteiger partial charge in [-0.2, -0.15) is 10.2 Å². The van der Waals surface area contributed by atoms with E-state index < -0.39 is 0 Å². The van der Waals surface area contributed by atoms with Gasteiger partial charge in [0.15, 0.2) is 0 Å². The van der Waals surface area contributed by atoms with Crippen LogP contribution in [0.4, 0.5) is 0 Å². The molecule has 5 heteroatoms. The lowest BCUT2D eigenvalue weighted by molar-refractivity contribution is 0.0638. The quantitative estimate of drug-likeness (QED) is 0.870. The summed E-state index contributed by atoms with van der Waals surface area (Å²) in [7, 11) is 1.77. The van der Waals surface area contributed by atoms with Crippen molar-refractivity contribution in [1.82, 2.24) is 15.1 Å². The molecular formula is C13H22N4O. The molecule has 5 nitrogen and oxygen atoms in total. The van der Waals surface area contributed by atoms with Crippen LogP contribution in [0.15, 0.2) is 6.07 Å². The van der Waals surface area contributed by atoms with Gasteiger partial charge in [-0.25, -0.2) is 0 Å². The Morgan fingerprint density at radius 1 is 1.44 bits per heavy atom. The summed E-state index contributed by atoms with van der Waals surface area (Å²) >= 11 is 0. The van der Waals surface area contributed by atoms with Gasteiger partial charge in [0.05, 0.1) is 17.0 Å². The van der Waals surface area contributed by atoms with Gasteiger partial charge < -0.3 is 10.6 Å². The summed E-state index contributed by atoms with van der Waals surface area (Å²) in [5.41, 5.74) is 7.42. The van der Waals surface area contributed by atoms with Crippen LogP contribution in [0.25, 0.3) is 0 Å². The van der Waals surface area contributed by atoms with E-state index in [1.807, 2.05) is 27.7 Å². The van der Waals surface area contributed by atoms with Crippen molar-refractivity contribution in [3.63, 3.8) is 0 Å². The number of aromatic nitrogens is 2. The van der Waals surface area contributed by atoms with E-state index in [0.717, 1.165) is 11.4 Å².